The van der Waals surface area contributed by atoms with Crippen LogP contribution in [0.3, 0.4) is 0 Å². The van der Waals surface area contributed by atoms with Gasteiger partial charge in [0, 0.05) is 18.8 Å². The predicted molar refractivity (Wildman–Crippen MR) is 270 cm³/mol. The lowest BCUT2D eigenvalue weighted by Gasteiger charge is -2.61. The summed E-state index contributed by atoms with van der Waals surface area (Å²) in [7, 11) is 0. The van der Waals surface area contributed by atoms with Crippen LogP contribution in [0.4, 0.5) is 0 Å². The summed E-state index contributed by atoms with van der Waals surface area (Å²) in [5.41, 5.74) is 0.736. The molecule has 0 aromatic heterocycles. The third-order valence-electron chi connectivity index (χ3n) is 18.0. The summed E-state index contributed by atoms with van der Waals surface area (Å²) in [5.74, 6) is -3.75. The van der Waals surface area contributed by atoms with Gasteiger partial charge in [-0.05, 0) is 171 Å². The fourth-order valence-electron chi connectivity index (χ4n) is 14.3. The van der Waals surface area contributed by atoms with Gasteiger partial charge in [-0.3, -0.25) is 19.2 Å². The number of aromatic hydroxyl groups is 2. The molecule has 8 N–H and O–H groups in total. The van der Waals surface area contributed by atoms with Crippen molar-refractivity contribution in [3.05, 3.63) is 56.6 Å². The van der Waals surface area contributed by atoms with E-state index in [4.69, 9.17) is 33.4 Å². The Labute approximate surface area is 428 Å². The SMILES string of the molecule is CC(C)CCCC(C)[C@H]1CCC2C3CCC4C[C@@H](CCCC(c5cc(Cl)c(O)c(C(=O)N[C@@H](CCC(=O)O)C(=O)O)c5)c5cc(Cl)c(O)c(C(=O)N[C@@H](CCC(=O)O)C(=O)O)c5)CC[C@]4(C)C3CC[C@@]21C. The lowest BCUT2D eigenvalue weighted by atomic mass is 9.44. The van der Waals surface area contributed by atoms with Gasteiger partial charge in [0.05, 0.1) is 21.2 Å². The van der Waals surface area contributed by atoms with E-state index in [0.717, 1.165) is 54.8 Å². The summed E-state index contributed by atoms with van der Waals surface area (Å²) in [6.45, 7) is 12.4. The van der Waals surface area contributed by atoms with Gasteiger partial charge in [-0.15, -0.1) is 0 Å². The molecule has 4 saturated carbocycles. The van der Waals surface area contributed by atoms with E-state index >= 15 is 0 Å². The van der Waals surface area contributed by atoms with Crippen LogP contribution in [0.2, 0.25) is 10.0 Å². The van der Waals surface area contributed by atoms with Gasteiger partial charge >= 0.3 is 23.9 Å². The number of hydrogen-bond donors (Lipinski definition) is 8. The maximum absolute atomic E-state index is 13.7. The number of carboxylic acids is 4. The van der Waals surface area contributed by atoms with Crippen molar-refractivity contribution in [2.45, 2.75) is 175 Å². The van der Waals surface area contributed by atoms with Crippen LogP contribution in [-0.2, 0) is 19.2 Å². The summed E-state index contributed by atoms with van der Waals surface area (Å²) >= 11 is 13.2. The molecule has 4 fully saturated rings. The Bertz CT molecular complexity index is 2200. The first-order valence-electron chi connectivity index (χ1n) is 26.0. The Balaban J connectivity index is 1.22. The normalized spacial score (nSPS) is 27.2. The Kier molecular flexibility index (Phi) is 18.5. The van der Waals surface area contributed by atoms with Crippen LogP contribution in [0.25, 0.3) is 0 Å². The van der Waals surface area contributed by atoms with Gasteiger partial charge in [0.1, 0.15) is 23.6 Å². The van der Waals surface area contributed by atoms with Crippen molar-refractivity contribution in [3.8, 4) is 11.5 Å². The monoisotopic (exact) mass is 1030 g/mol. The lowest BCUT2D eigenvalue weighted by molar-refractivity contribution is -0.142. The summed E-state index contributed by atoms with van der Waals surface area (Å²) in [6, 6.07) is 2.40. The van der Waals surface area contributed by atoms with Crippen molar-refractivity contribution in [3.63, 3.8) is 0 Å². The number of nitrogens with one attached hydrogen (secondary N) is 2. The molecule has 0 bridgehead atoms. The van der Waals surface area contributed by atoms with Crippen molar-refractivity contribution < 1.29 is 59.4 Å². The van der Waals surface area contributed by atoms with Gasteiger partial charge < -0.3 is 41.3 Å². The molecule has 2 aromatic carbocycles. The molecule has 2 amide bonds. The van der Waals surface area contributed by atoms with Crippen molar-refractivity contribution >= 4 is 58.9 Å². The Morgan fingerprint density at radius 1 is 0.634 bits per heavy atom. The van der Waals surface area contributed by atoms with Crippen LogP contribution in [0.1, 0.15) is 194 Å². The second-order valence-electron chi connectivity index (χ2n) is 22.7. The molecule has 14 nitrogen and oxygen atoms in total. The van der Waals surface area contributed by atoms with Crippen molar-refractivity contribution in [2.24, 2.45) is 58.2 Å². The molecule has 5 unspecified atom stereocenters. The van der Waals surface area contributed by atoms with Crippen LogP contribution in [-0.4, -0.2) is 78.4 Å². The average molecular weight is 1030 g/mol. The first kappa shape index (κ1) is 55.7. The number of amides is 2. The third kappa shape index (κ3) is 12.8. The van der Waals surface area contributed by atoms with Crippen LogP contribution < -0.4 is 10.6 Å². The van der Waals surface area contributed by atoms with Gasteiger partial charge in [-0.2, -0.15) is 0 Å². The Morgan fingerprint density at radius 3 is 1.66 bits per heavy atom. The number of carboxylic acid groups (broad SMARTS) is 4. The number of hydrogen-bond acceptors (Lipinski definition) is 8. The Morgan fingerprint density at radius 2 is 1.15 bits per heavy atom. The number of rotatable bonds is 23. The maximum Gasteiger partial charge on any atom is 0.326 e. The molecule has 0 aliphatic heterocycles. The van der Waals surface area contributed by atoms with Gasteiger partial charge in [0.2, 0.25) is 0 Å². The van der Waals surface area contributed by atoms with Gasteiger partial charge in [0.25, 0.3) is 11.8 Å². The van der Waals surface area contributed by atoms with E-state index in [1.165, 1.54) is 88.5 Å². The minimum atomic E-state index is -1.60. The molecule has 2 aromatic rings. The molecule has 4 aliphatic carbocycles. The number of carbonyl (C=O) groups is 6. The standard InChI is InChI=1S/C55H76Cl2N2O12/c1-29(2)8-6-9-30(3)39-14-15-40-36-13-12-34-24-31(20-22-54(34,4)41(36)21-23-55(39,40)5)10-7-11-35(32-25-37(48(64)42(56)27-32)50(66)58-44(52(68)69)16-18-46(60)61)33-26-38(49(65)43(57)28-33)51(67)59-45(53(70)71)17-19-47(62)63/h25-31,34-36,39-41,44-45,64-65H,6-24H2,1-5H3,(H,58,66)(H,59,67)(H,60,61)(H,62,63)(H,68,69)(H,70,71)/t30?,31-,34?,36?,39+,40?,41?,44-,45-,54-,55+/m0/s1. The highest BCUT2D eigenvalue weighted by Gasteiger charge is 2.60. The van der Waals surface area contributed by atoms with E-state index in [0.29, 0.717) is 46.6 Å². The van der Waals surface area contributed by atoms with E-state index < -0.39 is 90.9 Å². The zero-order chi connectivity index (χ0) is 52.1. The van der Waals surface area contributed by atoms with E-state index in [9.17, 15) is 49.2 Å². The van der Waals surface area contributed by atoms with E-state index in [1.807, 2.05) is 0 Å². The summed E-state index contributed by atoms with van der Waals surface area (Å²) in [6.07, 6.45) is 15.3. The van der Waals surface area contributed by atoms with Crippen LogP contribution in [0, 0.1) is 58.2 Å². The molecule has 6 rings (SSSR count). The van der Waals surface area contributed by atoms with Gasteiger partial charge in [-0.1, -0.05) is 89.9 Å². The minimum Gasteiger partial charge on any atom is -0.506 e. The molecule has 0 heterocycles. The molecule has 0 radical (unpaired) electrons. The Hall–Kier alpha value is -4.56. The number of benzene rings is 2. The van der Waals surface area contributed by atoms with Crippen molar-refractivity contribution in [1.29, 1.82) is 0 Å². The van der Waals surface area contributed by atoms with Crippen LogP contribution in [0.15, 0.2) is 24.3 Å². The van der Waals surface area contributed by atoms with Gasteiger partial charge in [0.15, 0.2) is 0 Å². The molecule has 71 heavy (non-hydrogen) atoms. The smallest absolute Gasteiger partial charge is 0.326 e. The summed E-state index contributed by atoms with van der Waals surface area (Å²) in [4.78, 5) is 73.8. The highest BCUT2D eigenvalue weighted by molar-refractivity contribution is 6.33. The number of phenolic OH excluding ortho intramolecular Hbond substituents is 2. The van der Waals surface area contributed by atoms with E-state index in [1.54, 1.807) is 0 Å². The molecule has 0 spiro atoms. The first-order valence-corrected chi connectivity index (χ1v) is 26.8. The number of aliphatic carboxylic acids is 4. The average Bonchev–Trinajstić information content (AvgIpc) is 3.66. The summed E-state index contributed by atoms with van der Waals surface area (Å²) in [5, 5.41) is 64.1. The van der Waals surface area contributed by atoms with E-state index in [2.05, 4.69) is 45.3 Å². The molecule has 0 saturated heterocycles. The number of carbonyl (C=O) groups excluding carboxylic acids is 2. The molecule has 16 heteroatoms. The zero-order valence-corrected chi connectivity index (χ0v) is 43.5. The number of halogens is 2. The molecule has 4 aliphatic rings. The number of phenols is 2. The number of fused-ring (bicyclic) bond motifs is 5. The first-order chi connectivity index (χ1) is 33.4. The third-order valence-corrected chi connectivity index (χ3v) is 18.6. The molecule has 392 valence electrons. The second-order valence-corrected chi connectivity index (χ2v) is 23.5. The zero-order valence-electron chi connectivity index (χ0n) is 42.0. The second kappa shape index (κ2) is 23.5. The largest absolute Gasteiger partial charge is 0.506 e. The van der Waals surface area contributed by atoms with Crippen LogP contribution in [0.5, 0.6) is 11.5 Å². The fraction of sp³-hybridized carbons (Fsp3) is 0.673. The minimum absolute atomic E-state index is 0.241. The van der Waals surface area contributed by atoms with Gasteiger partial charge in [-0.25, -0.2) is 9.59 Å². The van der Waals surface area contributed by atoms with E-state index in [-0.39, 0.29) is 21.2 Å². The molecular formula is C55H76Cl2N2O12. The highest BCUT2D eigenvalue weighted by atomic mass is 35.5. The van der Waals surface area contributed by atoms with Crippen molar-refractivity contribution in [1.82, 2.24) is 10.6 Å². The molecular weight excluding hydrogens is 952 g/mol. The summed E-state index contributed by atoms with van der Waals surface area (Å²) < 4.78 is 0. The quantitative estimate of drug-likeness (QED) is 0.0518. The topological polar surface area (TPSA) is 248 Å². The maximum atomic E-state index is 13.7. The van der Waals surface area contributed by atoms with Crippen molar-refractivity contribution in [2.75, 3.05) is 0 Å². The predicted octanol–water partition coefficient (Wildman–Crippen LogP) is 11.5. The lowest BCUT2D eigenvalue weighted by Crippen LogP contribution is -2.53. The highest BCUT2D eigenvalue weighted by Crippen LogP contribution is 2.69. The fourth-order valence-corrected chi connectivity index (χ4v) is 14.7. The van der Waals surface area contributed by atoms with Crippen LogP contribution >= 0.6 is 23.2 Å². The molecule has 11 atom stereocenters.